The molecule has 1 rings (SSSR count). The third-order valence-corrected chi connectivity index (χ3v) is 2.24. The Kier molecular flexibility index (Phi) is 5.16. The van der Waals surface area contributed by atoms with Crippen molar-refractivity contribution >= 4 is 17.5 Å². The van der Waals surface area contributed by atoms with Crippen LogP contribution in [0, 0.1) is 0 Å². The first kappa shape index (κ1) is 13.2. The fourth-order valence-corrected chi connectivity index (χ4v) is 1.37. The van der Waals surface area contributed by atoms with Crippen LogP contribution in [-0.2, 0) is 4.79 Å². The minimum atomic E-state index is -0.178. The molecule has 17 heavy (non-hydrogen) atoms. The molecule has 5 heteroatoms. The van der Waals surface area contributed by atoms with Crippen molar-refractivity contribution in [3.8, 4) is 0 Å². The van der Waals surface area contributed by atoms with Crippen LogP contribution in [0.4, 0.5) is 5.69 Å². The van der Waals surface area contributed by atoms with Crippen molar-refractivity contribution in [3.05, 3.63) is 29.8 Å². The van der Waals surface area contributed by atoms with E-state index in [2.05, 4.69) is 10.6 Å². The summed E-state index contributed by atoms with van der Waals surface area (Å²) in [5.41, 5.74) is 6.46. The summed E-state index contributed by atoms with van der Waals surface area (Å²) in [6, 6.07) is 6.80. The zero-order valence-electron chi connectivity index (χ0n) is 9.82. The van der Waals surface area contributed by atoms with Gasteiger partial charge in [0.1, 0.15) is 0 Å². The van der Waals surface area contributed by atoms with Gasteiger partial charge in [0, 0.05) is 24.7 Å². The minimum Gasteiger partial charge on any atom is -0.355 e. The van der Waals surface area contributed by atoms with Crippen molar-refractivity contribution in [1.29, 1.82) is 0 Å². The van der Waals surface area contributed by atoms with Crippen molar-refractivity contribution in [2.45, 2.75) is 12.8 Å². The number of carbonyl (C=O) groups excluding carboxylic acids is 2. The highest BCUT2D eigenvalue weighted by Gasteiger charge is 2.05. The molecule has 0 radical (unpaired) electrons. The first-order valence-electron chi connectivity index (χ1n) is 5.49. The van der Waals surface area contributed by atoms with Crippen LogP contribution in [0.3, 0.4) is 0 Å². The molecule has 0 aliphatic heterocycles. The lowest BCUT2D eigenvalue weighted by atomic mass is 10.2. The SMILES string of the molecule is CNC(=O)c1cccc(NC(=O)CCCN)c1. The summed E-state index contributed by atoms with van der Waals surface area (Å²) in [7, 11) is 1.56. The number of amides is 2. The van der Waals surface area contributed by atoms with Crippen molar-refractivity contribution in [2.75, 3.05) is 18.9 Å². The molecule has 0 spiro atoms. The van der Waals surface area contributed by atoms with Crippen molar-refractivity contribution in [2.24, 2.45) is 5.73 Å². The molecule has 0 heterocycles. The Bertz CT molecular complexity index is 404. The molecule has 1 aromatic rings. The molecule has 0 unspecified atom stereocenters. The van der Waals surface area contributed by atoms with Gasteiger partial charge in [0.05, 0.1) is 0 Å². The van der Waals surface area contributed by atoms with Crippen LogP contribution in [0.5, 0.6) is 0 Å². The van der Waals surface area contributed by atoms with Crippen LogP contribution in [0.2, 0.25) is 0 Å². The summed E-state index contributed by atoms with van der Waals surface area (Å²) < 4.78 is 0. The van der Waals surface area contributed by atoms with Crippen LogP contribution >= 0.6 is 0 Å². The first-order valence-corrected chi connectivity index (χ1v) is 5.49. The Morgan fingerprint density at radius 3 is 2.76 bits per heavy atom. The Hall–Kier alpha value is -1.88. The smallest absolute Gasteiger partial charge is 0.251 e. The summed E-state index contributed by atoms with van der Waals surface area (Å²) in [5, 5.41) is 5.25. The second kappa shape index (κ2) is 6.65. The summed E-state index contributed by atoms with van der Waals surface area (Å²) >= 11 is 0. The largest absolute Gasteiger partial charge is 0.355 e. The number of nitrogens with two attached hydrogens (primary N) is 1. The lowest BCUT2D eigenvalue weighted by Crippen LogP contribution is -2.18. The monoisotopic (exact) mass is 235 g/mol. The highest BCUT2D eigenvalue weighted by atomic mass is 16.2. The van der Waals surface area contributed by atoms with Gasteiger partial charge in [0.25, 0.3) is 5.91 Å². The first-order chi connectivity index (χ1) is 8.17. The maximum Gasteiger partial charge on any atom is 0.251 e. The quantitative estimate of drug-likeness (QED) is 0.703. The zero-order valence-corrected chi connectivity index (χ0v) is 9.82. The molecule has 0 bridgehead atoms. The second-order valence-corrected chi connectivity index (χ2v) is 3.60. The molecule has 0 saturated heterocycles. The highest BCUT2D eigenvalue weighted by molar-refractivity contribution is 5.97. The number of hydrogen-bond acceptors (Lipinski definition) is 3. The predicted molar refractivity (Wildman–Crippen MR) is 66.8 cm³/mol. The molecule has 0 aliphatic rings. The van der Waals surface area contributed by atoms with E-state index in [0.717, 1.165) is 0 Å². The number of anilines is 1. The molecule has 0 fully saturated rings. The van der Waals surface area contributed by atoms with E-state index in [1.807, 2.05) is 0 Å². The summed E-state index contributed by atoms with van der Waals surface area (Å²) in [5.74, 6) is -0.271. The van der Waals surface area contributed by atoms with Gasteiger partial charge >= 0.3 is 0 Å². The lowest BCUT2D eigenvalue weighted by Gasteiger charge is -2.06. The molecule has 4 N–H and O–H groups in total. The molecular weight excluding hydrogens is 218 g/mol. The average molecular weight is 235 g/mol. The molecule has 0 aliphatic carbocycles. The molecule has 0 aromatic heterocycles. The third kappa shape index (κ3) is 4.24. The van der Waals surface area contributed by atoms with E-state index in [0.29, 0.717) is 30.6 Å². The summed E-state index contributed by atoms with van der Waals surface area (Å²) in [6.45, 7) is 0.492. The molecule has 92 valence electrons. The Morgan fingerprint density at radius 1 is 1.35 bits per heavy atom. The second-order valence-electron chi connectivity index (χ2n) is 3.60. The van der Waals surface area contributed by atoms with Crippen LogP contribution in [-0.4, -0.2) is 25.4 Å². The van der Waals surface area contributed by atoms with Gasteiger partial charge in [0.15, 0.2) is 0 Å². The van der Waals surface area contributed by atoms with Gasteiger partial charge in [-0.25, -0.2) is 0 Å². The lowest BCUT2D eigenvalue weighted by molar-refractivity contribution is -0.116. The number of carbonyl (C=O) groups is 2. The fourth-order valence-electron chi connectivity index (χ4n) is 1.37. The molecule has 2 amide bonds. The normalized spacial score (nSPS) is 9.76. The molecule has 0 saturated carbocycles. The number of rotatable bonds is 5. The standard InChI is InChI=1S/C12H17N3O2/c1-14-12(17)9-4-2-5-10(8-9)15-11(16)6-3-7-13/h2,4-5,8H,3,6-7,13H2,1H3,(H,14,17)(H,15,16). The topological polar surface area (TPSA) is 84.2 Å². The number of benzene rings is 1. The van der Waals surface area contributed by atoms with E-state index in [-0.39, 0.29) is 11.8 Å². The van der Waals surface area contributed by atoms with Crippen LogP contribution in [0.25, 0.3) is 0 Å². The van der Waals surface area contributed by atoms with E-state index >= 15 is 0 Å². The average Bonchev–Trinajstić information content (AvgIpc) is 2.35. The van der Waals surface area contributed by atoms with Crippen molar-refractivity contribution in [1.82, 2.24) is 5.32 Å². The molecule has 0 atom stereocenters. The van der Waals surface area contributed by atoms with Gasteiger partial charge < -0.3 is 16.4 Å². The zero-order chi connectivity index (χ0) is 12.7. The van der Waals surface area contributed by atoms with Crippen LogP contribution < -0.4 is 16.4 Å². The van der Waals surface area contributed by atoms with Gasteiger partial charge in [-0.05, 0) is 31.2 Å². The third-order valence-electron chi connectivity index (χ3n) is 2.24. The molecule has 1 aromatic carbocycles. The van der Waals surface area contributed by atoms with Crippen LogP contribution in [0.15, 0.2) is 24.3 Å². The minimum absolute atomic E-state index is 0.0930. The van der Waals surface area contributed by atoms with E-state index in [9.17, 15) is 9.59 Å². The van der Waals surface area contributed by atoms with E-state index < -0.39 is 0 Å². The van der Waals surface area contributed by atoms with E-state index in [1.165, 1.54) is 0 Å². The summed E-state index contributed by atoms with van der Waals surface area (Å²) in [6.07, 6.45) is 1.04. The Morgan fingerprint density at radius 2 is 2.12 bits per heavy atom. The van der Waals surface area contributed by atoms with E-state index in [4.69, 9.17) is 5.73 Å². The fraction of sp³-hybridized carbons (Fsp3) is 0.333. The Balaban J connectivity index is 2.65. The van der Waals surface area contributed by atoms with Gasteiger partial charge in [-0.15, -0.1) is 0 Å². The number of nitrogens with one attached hydrogen (secondary N) is 2. The molecule has 5 nitrogen and oxygen atoms in total. The van der Waals surface area contributed by atoms with Gasteiger partial charge in [-0.2, -0.15) is 0 Å². The summed E-state index contributed by atoms with van der Waals surface area (Å²) in [4.78, 5) is 22.8. The van der Waals surface area contributed by atoms with Gasteiger partial charge in [-0.1, -0.05) is 6.07 Å². The Labute approximate surface area is 100 Å². The van der Waals surface area contributed by atoms with Crippen molar-refractivity contribution < 1.29 is 9.59 Å². The van der Waals surface area contributed by atoms with Crippen molar-refractivity contribution in [3.63, 3.8) is 0 Å². The van der Waals surface area contributed by atoms with Crippen LogP contribution in [0.1, 0.15) is 23.2 Å². The maximum atomic E-state index is 11.5. The van der Waals surface area contributed by atoms with Gasteiger partial charge in [-0.3, -0.25) is 9.59 Å². The maximum absolute atomic E-state index is 11.5. The highest BCUT2D eigenvalue weighted by Crippen LogP contribution is 2.11. The predicted octanol–water partition coefficient (Wildman–Crippen LogP) is 0.724. The molecular formula is C12H17N3O2. The number of hydrogen-bond donors (Lipinski definition) is 3. The van der Waals surface area contributed by atoms with Gasteiger partial charge in [0.2, 0.25) is 5.91 Å². The van der Waals surface area contributed by atoms with E-state index in [1.54, 1.807) is 31.3 Å².